The molecule has 1 heterocycles. The van der Waals surface area contributed by atoms with Crippen molar-refractivity contribution in [3.63, 3.8) is 0 Å². The minimum Gasteiger partial charge on any atom is -0.491 e. The van der Waals surface area contributed by atoms with E-state index in [0.717, 1.165) is 0 Å². The lowest BCUT2D eigenvalue weighted by Gasteiger charge is -2.19. The van der Waals surface area contributed by atoms with Crippen LogP contribution in [0.4, 0.5) is 10.7 Å². The number of alkyl carbamates (subject to hydrolysis) is 1. The van der Waals surface area contributed by atoms with Crippen LogP contribution in [0, 0.1) is 0 Å². The van der Waals surface area contributed by atoms with Crippen molar-refractivity contribution >= 4 is 35.2 Å². The summed E-state index contributed by atoms with van der Waals surface area (Å²) in [4.78, 5) is 19.6. The Kier molecular flexibility index (Phi) is 6.50. The van der Waals surface area contributed by atoms with Gasteiger partial charge in [-0.15, -0.1) is 0 Å². The van der Waals surface area contributed by atoms with Crippen molar-refractivity contribution in [3.8, 4) is 17.0 Å². The van der Waals surface area contributed by atoms with Gasteiger partial charge in [-0.3, -0.25) is 0 Å². The van der Waals surface area contributed by atoms with Gasteiger partial charge in [0.05, 0.1) is 22.8 Å². The van der Waals surface area contributed by atoms with Crippen LogP contribution in [0.3, 0.4) is 0 Å². The van der Waals surface area contributed by atoms with E-state index in [1.165, 1.54) is 0 Å². The molecule has 0 bridgehead atoms. The Morgan fingerprint density at radius 3 is 2.65 bits per heavy atom. The molecule has 0 atom stereocenters. The molecule has 0 aliphatic rings. The molecule has 0 spiro atoms. The summed E-state index contributed by atoms with van der Waals surface area (Å²) in [7, 11) is 0. The molecule has 0 fully saturated rings. The van der Waals surface area contributed by atoms with Gasteiger partial charge in [0.25, 0.3) is 0 Å². The van der Waals surface area contributed by atoms with Crippen molar-refractivity contribution in [1.82, 2.24) is 15.3 Å². The fourth-order valence-corrected chi connectivity index (χ4v) is 2.52. The van der Waals surface area contributed by atoms with Crippen molar-refractivity contribution < 1.29 is 14.3 Å². The molecule has 0 radical (unpaired) electrons. The minimum absolute atomic E-state index is 0.0324. The highest BCUT2D eigenvalue weighted by Gasteiger charge is 2.16. The second-order valence-corrected chi connectivity index (χ2v) is 7.12. The lowest BCUT2D eigenvalue weighted by atomic mass is 10.1. The van der Waals surface area contributed by atoms with E-state index in [0.29, 0.717) is 22.0 Å². The van der Waals surface area contributed by atoms with E-state index in [9.17, 15) is 4.79 Å². The van der Waals surface area contributed by atoms with Gasteiger partial charge in [0.15, 0.2) is 0 Å². The van der Waals surface area contributed by atoms with Crippen LogP contribution in [0.1, 0.15) is 20.8 Å². The lowest BCUT2D eigenvalue weighted by Crippen LogP contribution is -2.34. The summed E-state index contributed by atoms with van der Waals surface area (Å²) in [5.41, 5.74) is 6.08. The number of halogens is 2. The molecule has 0 saturated carbocycles. The second kappa shape index (κ2) is 8.42. The third-order valence-electron chi connectivity index (χ3n) is 2.97. The van der Waals surface area contributed by atoms with Crippen LogP contribution in [-0.2, 0) is 4.74 Å². The van der Waals surface area contributed by atoms with Crippen LogP contribution >= 0.6 is 23.2 Å². The zero-order chi connectivity index (χ0) is 19.3. The number of anilines is 1. The van der Waals surface area contributed by atoms with Gasteiger partial charge in [-0.25, -0.2) is 14.8 Å². The van der Waals surface area contributed by atoms with Gasteiger partial charge in [-0.05, 0) is 32.9 Å². The van der Waals surface area contributed by atoms with Gasteiger partial charge >= 0.3 is 6.09 Å². The molecule has 2 aromatic rings. The Bertz CT molecular complexity index is 774. The Morgan fingerprint density at radius 2 is 2.00 bits per heavy atom. The van der Waals surface area contributed by atoms with E-state index in [1.807, 2.05) is 0 Å². The van der Waals surface area contributed by atoms with Crippen LogP contribution in [0.5, 0.6) is 5.75 Å². The lowest BCUT2D eigenvalue weighted by molar-refractivity contribution is 0.0520. The molecular formula is C17H20Cl2N4O3. The van der Waals surface area contributed by atoms with Crippen molar-refractivity contribution in [3.05, 3.63) is 34.4 Å². The second-order valence-electron chi connectivity index (χ2n) is 6.32. The Labute approximate surface area is 161 Å². The number of carbonyl (C=O) groups excluding carboxylic acids is 1. The molecule has 3 N–H and O–H groups in total. The number of nitrogen functional groups attached to an aromatic ring is 1. The summed E-state index contributed by atoms with van der Waals surface area (Å²) >= 11 is 12.2. The number of rotatable bonds is 5. The minimum atomic E-state index is -0.558. The van der Waals surface area contributed by atoms with Crippen LogP contribution in [-0.4, -0.2) is 34.8 Å². The summed E-state index contributed by atoms with van der Waals surface area (Å²) in [6.07, 6.45) is -0.511. The molecule has 140 valence electrons. The molecular weight excluding hydrogens is 379 g/mol. The van der Waals surface area contributed by atoms with E-state index in [-0.39, 0.29) is 24.3 Å². The summed E-state index contributed by atoms with van der Waals surface area (Å²) < 4.78 is 10.9. The molecule has 9 heteroatoms. The van der Waals surface area contributed by atoms with Crippen molar-refractivity contribution in [1.29, 1.82) is 0 Å². The molecule has 26 heavy (non-hydrogen) atoms. The molecule has 1 aromatic carbocycles. The number of nitrogens with one attached hydrogen (secondary N) is 1. The fraction of sp³-hybridized carbons (Fsp3) is 0.353. The number of aromatic nitrogens is 2. The molecule has 1 amide bonds. The number of nitrogens with two attached hydrogens (primary N) is 1. The van der Waals surface area contributed by atoms with Gasteiger partial charge in [0.2, 0.25) is 5.95 Å². The zero-order valence-electron chi connectivity index (χ0n) is 14.7. The van der Waals surface area contributed by atoms with E-state index >= 15 is 0 Å². The van der Waals surface area contributed by atoms with Gasteiger partial charge in [0.1, 0.15) is 23.1 Å². The first-order valence-electron chi connectivity index (χ1n) is 7.84. The molecule has 2 rings (SSSR count). The van der Waals surface area contributed by atoms with Crippen LogP contribution in [0.15, 0.2) is 24.3 Å². The first-order chi connectivity index (χ1) is 12.2. The normalized spacial score (nSPS) is 11.1. The maximum atomic E-state index is 11.6. The molecule has 0 saturated heterocycles. The number of carbonyl (C=O) groups is 1. The Morgan fingerprint density at radius 1 is 1.27 bits per heavy atom. The topological polar surface area (TPSA) is 99.4 Å². The van der Waals surface area contributed by atoms with E-state index in [2.05, 4.69) is 15.3 Å². The van der Waals surface area contributed by atoms with Crippen molar-refractivity contribution in [2.45, 2.75) is 26.4 Å². The highest BCUT2D eigenvalue weighted by Crippen LogP contribution is 2.36. The van der Waals surface area contributed by atoms with Crippen LogP contribution in [0.25, 0.3) is 11.3 Å². The van der Waals surface area contributed by atoms with Crippen LogP contribution < -0.4 is 15.8 Å². The number of amides is 1. The monoisotopic (exact) mass is 398 g/mol. The molecule has 1 aromatic heterocycles. The highest BCUT2D eigenvalue weighted by molar-refractivity contribution is 6.34. The van der Waals surface area contributed by atoms with Gasteiger partial charge in [-0.1, -0.05) is 29.3 Å². The molecule has 0 unspecified atom stereocenters. The van der Waals surface area contributed by atoms with Gasteiger partial charge in [-0.2, -0.15) is 0 Å². The quantitative estimate of drug-likeness (QED) is 0.584. The summed E-state index contributed by atoms with van der Waals surface area (Å²) in [6.45, 7) is 5.84. The molecule has 0 aliphatic heterocycles. The number of hydrogen-bond donors (Lipinski definition) is 2. The number of hydrogen-bond acceptors (Lipinski definition) is 6. The SMILES string of the molecule is CC(C)(C)OC(=O)NCCOc1cccc(Cl)c1-c1cc(Cl)nc(N)n1. The predicted octanol–water partition coefficient (Wildman–Crippen LogP) is 3.94. The number of benzene rings is 1. The zero-order valence-corrected chi connectivity index (χ0v) is 16.2. The summed E-state index contributed by atoms with van der Waals surface area (Å²) in [5, 5.41) is 3.24. The standard InChI is InChI=1S/C17H20Cl2N4O3/c1-17(2,3)26-16(24)21-7-8-25-12-6-4-5-10(18)14(12)11-9-13(19)23-15(20)22-11/h4-6,9H,7-8H2,1-3H3,(H,21,24)(H2,20,22,23). The van der Waals surface area contributed by atoms with Crippen molar-refractivity contribution in [2.24, 2.45) is 0 Å². The number of ether oxygens (including phenoxy) is 2. The first kappa shape index (κ1) is 20.1. The average Bonchev–Trinajstić information content (AvgIpc) is 2.49. The van der Waals surface area contributed by atoms with Gasteiger partial charge < -0.3 is 20.5 Å². The molecule has 0 aliphatic carbocycles. The third-order valence-corrected chi connectivity index (χ3v) is 3.48. The Hall–Kier alpha value is -2.25. The Balaban J connectivity index is 2.07. The van der Waals surface area contributed by atoms with E-state index < -0.39 is 11.7 Å². The maximum absolute atomic E-state index is 11.6. The van der Waals surface area contributed by atoms with Gasteiger partial charge in [0, 0.05) is 6.07 Å². The average molecular weight is 399 g/mol. The first-order valence-corrected chi connectivity index (χ1v) is 8.60. The number of nitrogens with zero attached hydrogens (tertiary/aromatic N) is 2. The van der Waals surface area contributed by atoms with E-state index in [1.54, 1.807) is 45.0 Å². The van der Waals surface area contributed by atoms with E-state index in [4.69, 9.17) is 38.4 Å². The smallest absolute Gasteiger partial charge is 0.407 e. The predicted molar refractivity (Wildman–Crippen MR) is 102 cm³/mol. The highest BCUT2D eigenvalue weighted by atomic mass is 35.5. The summed E-state index contributed by atoms with van der Waals surface area (Å²) in [6, 6.07) is 6.73. The third kappa shape index (κ3) is 5.93. The summed E-state index contributed by atoms with van der Waals surface area (Å²) in [5.74, 6) is 0.516. The maximum Gasteiger partial charge on any atom is 0.407 e. The molecule has 7 nitrogen and oxygen atoms in total. The fourth-order valence-electron chi connectivity index (χ4n) is 2.06. The van der Waals surface area contributed by atoms with Crippen LogP contribution in [0.2, 0.25) is 10.2 Å². The van der Waals surface area contributed by atoms with Crippen molar-refractivity contribution in [2.75, 3.05) is 18.9 Å². The largest absolute Gasteiger partial charge is 0.491 e.